The summed E-state index contributed by atoms with van der Waals surface area (Å²) in [6.07, 6.45) is 3.31. The van der Waals surface area contributed by atoms with E-state index >= 15 is 0 Å². The van der Waals surface area contributed by atoms with Crippen LogP contribution in [0.4, 0.5) is 0 Å². The van der Waals surface area contributed by atoms with Crippen molar-refractivity contribution < 1.29 is 0 Å². The van der Waals surface area contributed by atoms with Gasteiger partial charge in [-0.15, -0.1) is 0 Å². The maximum atomic E-state index is 5.91. The van der Waals surface area contributed by atoms with E-state index in [1.165, 1.54) is 18.5 Å². The first-order valence-corrected chi connectivity index (χ1v) is 9.40. The van der Waals surface area contributed by atoms with Crippen LogP contribution in [0.1, 0.15) is 39.2 Å². The lowest BCUT2D eigenvalue weighted by molar-refractivity contribution is 0.292. The minimum atomic E-state index is 0.419. The van der Waals surface area contributed by atoms with Crippen LogP contribution in [-0.2, 0) is 6.42 Å². The van der Waals surface area contributed by atoms with Crippen LogP contribution in [0.3, 0.4) is 0 Å². The molecule has 24 heavy (non-hydrogen) atoms. The summed E-state index contributed by atoms with van der Waals surface area (Å²) in [4.78, 5) is 6.78. The van der Waals surface area contributed by atoms with Crippen LogP contribution < -0.4 is 10.6 Å². The minimum absolute atomic E-state index is 0.419. The highest BCUT2D eigenvalue weighted by Crippen LogP contribution is 2.09. The van der Waals surface area contributed by atoms with E-state index in [1.807, 2.05) is 19.2 Å². The van der Waals surface area contributed by atoms with Crippen LogP contribution in [0.25, 0.3) is 0 Å². The van der Waals surface area contributed by atoms with E-state index in [4.69, 9.17) is 11.6 Å². The number of hydrogen-bond acceptors (Lipinski definition) is 2. The number of halogens is 1. The van der Waals surface area contributed by atoms with Crippen LogP contribution >= 0.6 is 11.6 Å². The average molecular weight is 353 g/mol. The van der Waals surface area contributed by atoms with Crippen molar-refractivity contribution in [3.8, 4) is 0 Å². The molecule has 0 aliphatic rings. The molecular weight excluding hydrogens is 320 g/mol. The Bertz CT molecular complexity index is 469. The van der Waals surface area contributed by atoms with Crippen molar-refractivity contribution in [3.05, 3.63) is 34.9 Å². The lowest BCUT2D eigenvalue weighted by Gasteiger charge is -2.21. The lowest BCUT2D eigenvalue weighted by atomic mass is 10.1. The highest BCUT2D eigenvalue weighted by Gasteiger charge is 2.06. The SMILES string of the molecule is CCN(CC)CCCC(C)NC(=NC)NCCc1ccc(Cl)cc1. The first kappa shape index (κ1) is 20.8. The van der Waals surface area contributed by atoms with Gasteiger partial charge in [0.15, 0.2) is 5.96 Å². The second-order valence-electron chi connectivity index (χ2n) is 6.09. The van der Waals surface area contributed by atoms with Crippen LogP contribution in [0.5, 0.6) is 0 Å². The number of rotatable bonds is 10. The third-order valence-corrected chi connectivity index (χ3v) is 4.48. The Morgan fingerprint density at radius 2 is 1.88 bits per heavy atom. The summed E-state index contributed by atoms with van der Waals surface area (Å²) in [5.74, 6) is 0.874. The number of hydrogen-bond donors (Lipinski definition) is 2. The van der Waals surface area contributed by atoms with E-state index in [0.29, 0.717) is 6.04 Å². The fourth-order valence-electron chi connectivity index (χ4n) is 2.64. The van der Waals surface area contributed by atoms with Gasteiger partial charge >= 0.3 is 0 Å². The summed E-state index contributed by atoms with van der Waals surface area (Å²) in [5.41, 5.74) is 1.27. The van der Waals surface area contributed by atoms with Crippen molar-refractivity contribution in [3.63, 3.8) is 0 Å². The molecule has 1 aromatic carbocycles. The van der Waals surface area contributed by atoms with E-state index in [1.54, 1.807) is 0 Å². The van der Waals surface area contributed by atoms with Gasteiger partial charge in [-0.2, -0.15) is 0 Å². The lowest BCUT2D eigenvalue weighted by Crippen LogP contribution is -2.43. The molecule has 1 aromatic rings. The number of nitrogens with one attached hydrogen (secondary N) is 2. The number of aliphatic imine (C=N–C) groups is 1. The van der Waals surface area contributed by atoms with Crippen molar-refractivity contribution in [2.75, 3.05) is 33.2 Å². The van der Waals surface area contributed by atoms with E-state index in [-0.39, 0.29) is 0 Å². The molecule has 0 radical (unpaired) electrons. The fraction of sp³-hybridized carbons (Fsp3) is 0.632. The normalized spacial score (nSPS) is 13.2. The highest BCUT2D eigenvalue weighted by molar-refractivity contribution is 6.30. The van der Waals surface area contributed by atoms with Gasteiger partial charge in [0.2, 0.25) is 0 Å². The number of nitrogens with zero attached hydrogens (tertiary/aromatic N) is 2. The largest absolute Gasteiger partial charge is 0.356 e. The second-order valence-corrected chi connectivity index (χ2v) is 6.53. The molecule has 1 atom stereocenters. The Balaban J connectivity index is 2.24. The van der Waals surface area contributed by atoms with Crippen LogP contribution in [0.15, 0.2) is 29.3 Å². The van der Waals surface area contributed by atoms with Crippen LogP contribution in [0.2, 0.25) is 5.02 Å². The summed E-state index contributed by atoms with van der Waals surface area (Å²) < 4.78 is 0. The molecule has 1 rings (SSSR count). The molecule has 0 amide bonds. The third-order valence-electron chi connectivity index (χ3n) is 4.23. The zero-order chi connectivity index (χ0) is 17.8. The molecular formula is C19H33ClN4. The topological polar surface area (TPSA) is 39.7 Å². The van der Waals surface area contributed by atoms with Crippen molar-refractivity contribution in [2.45, 2.75) is 46.1 Å². The van der Waals surface area contributed by atoms with Crippen molar-refractivity contribution >= 4 is 17.6 Å². The zero-order valence-electron chi connectivity index (χ0n) is 15.6. The van der Waals surface area contributed by atoms with E-state index in [9.17, 15) is 0 Å². The van der Waals surface area contributed by atoms with Gasteiger partial charge in [-0.1, -0.05) is 37.6 Å². The molecule has 4 nitrogen and oxygen atoms in total. The first-order valence-electron chi connectivity index (χ1n) is 9.03. The van der Waals surface area contributed by atoms with Gasteiger partial charge in [0.25, 0.3) is 0 Å². The van der Waals surface area contributed by atoms with Gasteiger partial charge in [0.05, 0.1) is 0 Å². The predicted octanol–water partition coefficient (Wildman–Crippen LogP) is 3.56. The van der Waals surface area contributed by atoms with Gasteiger partial charge in [-0.3, -0.25) is 4.99 Å². The quantitative estimate of drug-likeness (QED) is 0.499. The Kier molecular flexibility index (Phi) is 10.5. The highest BCUT2D eigenvalue weighted by atomic mass is 35.5. The summed E-state index contributed by atoms with van der Waals surface area (Å²) in [6.45, 7) is 10.9. The Morgan fingerprint density at radius 1 is 1.21 bits per heavy atom. The van der Waals surface area contributed by atoms with Crippen molar-refractivity contribution in [2.24, 2.45) is 4.99 Å². The standard InChI is InChI=1S/C19H33ClN4/c1-5-24(6-2)15-7-8-16(3)23-19(21-4)22-14-13-17-9-11-18(20)12-10-17/h9-12,16H,5-8,13-15H2,1-4H3,(H2,21,22,23). The van der Waals surface area contributed by atoms with Gasteiger partial charge in [-0.25, -0.2) is 0 Å². The van der Waals surface area contributed by atoms with Gasteiger partial charge in [0.1, 0.15) is 0 Å². The summed E-state index contributed by atoms with van der Waals surface area (Å²) >= 11 is 5.91. The molecule has 136 valence electrons. The van der Waals surface area contributed by atoms with Gasteiger partial charge < -0.3 is 15.5 Å². The van der Waals surface area contributed by atoms with Crippen molar-refractivity contribution in [1.29, 1.82) is 0 Å². The van der Waals surface area contributed by atoms with Crippen LogP contribution in [0, 0.1) is 0 Å². The Morgan fingerprint density at radius 3 is 2.46 bits per heavy atom. The van der Waals surface area contributed by atoms with Crippen LogP contribution in [-0.4, -0.2) is 50.1 Å². The van der Waals surface area contributed by atoms with E-state index in [2.05, 4.69) is 53.4 Å². The fourth-order valence-corrected chi connectivity index (χ4v) is 2.76. The maximum absolute atomic E-state index is 5.91. The van der Waals surface area contributed by atoms with Crippen molar-refractivity contribution in [1.82, 2.24) is 15.5 Å². The summed E-state index contributed by atoms with van der Waals surface area (Å²) in [7, 11) is 1.82. The molecule has 2 N–H and O–H groups in total. The average Bonchev–Trinajstić information content (AvgIpc) is 2.59. The zero-order valence-corrected chi connectivity index (χ0v) is 16.4. The maximum Gasteiger partial charge on any atom is 0.191 e. The molecule has 5 heteroatoms. The molecule has 0 heterocycles. The van der Waals surface area contributed by atoms with Gasteiger partial charge in [0, 0.05) is 24.7 Å². The van der Waals surface area contributed by atoms with Gasteiger partial charge in [-0.05, 0) is 63.5 Å². The first-order chi connectivity index (χ1) is 11.6. The molecule has 0 bridgehead atoms. The molecule has 1 unspecified atom stereocenters. The molecule has 0 saturated heterocycles. The number of guanidine groups is 1. The molecule has 0 saturated carbocycles. The third kappa shape index (κ3) is 8.55. The molecule has 0 aromatic heterocycles. The molecule has 0 fully saturated rings. The second kappa shape index (κ2) is 12.2. The van der Waals surface area contributed by atoms with E-state index in [0.717, 1.165) is 43.5 Å². The summed E-state index contributed by atoms with van der Waals surface area (Å²) in [6, 6.07) is 8.41. The predicted molar refractivity (Wildman–Crippen MR) is 106 cm³/mol. The molecule has 0 aliphatic carbocycles. The Labute approximate surface area is 152 Å². The van der Waals surface area contributed by atoms with E-state index < -0.39 is 0 Å². The Hall–Kier alpha value is -1.26. The molecule has 0 aliphatic heterocycles. The molecule has 0 spiro atoms. The summed E-state index contributed by atoms with van der Waals surface area (Å²) in [5, 5.41) is 7.63. The monoisotopic (exact) mass is 352 g/mol. The minimum Gasteiger partial charge on any atom is -0.356 e. The smallest absolute Gasteiger partial charge is 0.191 e. The number of benzene rings is 1.